The van der Waals surface area contributed by atoms with Gasteiger partial charge in [0, 0.05) is 7.05 Å². The van der Waals surface area contributed by atoms with E-state index in [1.165, 1.54) is 4.74 Å². The fourth-order valence-corrected chi connectivity index (χ4v) is 0.645. The maximum Gasteiger partial charge on any atom is 0.360 e. The summed E-state index contributed by atoms with van der Waals surface area (Å²) in [4.78, 5) is 10.7. The van der Waals surface area contributed by atoms with Crippen molar-refractivity contribution in [2.45, 2.75) is 13.8 Å². The van der Waals surface area contributed by atoms with Crippen LogP contribution in [0.25, 0.3) is 0 Å². The minimum Gasteiger partial charge on any atom is -0.336 e. The van der Waals surface area contributed by atoms with Gasteiger partial charge in [0.1, 0.15) is 0 Å². The average molecular weight is 127 g/mol. The Morgan fingerprint density at radius 1 is 1.44 bits per heavy atom. The maximum atomic E-state index is 10.7. The van der Waals surface area contributed by atoms with E-state index in [0.717, 1.165) is 5.69 Å². The first-order valence-electron chi connectivity index (χ1n) is 2.76. The van der Waals surface area contributed by atoms with E-state index in [1.807, 2.05) is 6.92 Å². The monoisotopic (exact) mass is 127 g/mol. The molecule has 50 valence electrons. The Hall–Kier alpha value is -0.990. The number of aryl methyl sites for hydroxylation is 1. The van der Waals surface area contributed by atoms with E-state index in [1.54, 1.807) is 14.0 Å². The molecule has 0 fully saturated rings. The molecule has 0 aromatic carbocycles. The van der Waals surface area contributed by atoms with Crippen LogP contribution in [0.5, 0.6) is 0 Å². The summed E-state index contributed by atoms with van der Waals surface area (Å²) < 4.78 is 6.18. The number of hydrogen-bond acceptors (Lipinski definition) is 2. The summed E-state index contributed by atoms with van der Waals surface area (Å²) in [6.07, 6.45) is 0. The zero-order chi connectivity index (χ0) is 7.02. The molecule has 9 heavy (non-hydrogen) atoms. The third-order valence-electron chi connectivity index (χ3n) is 1.54. The molecule has 3 nitrogen and oxygen atoms in total. The molecule has 0 aliphatic heterocycles. The van der Waals surface area contributed by atoms with Gasteiger partial charge in [-0.15, -0.1) is 0 Å². The fraction of sp³-hybridized carbons (Fsp3) is 0.500. The predicted octanol–water partition coefficient (Wildman–Crippen LogP) is 0.595. The Bertz CT molecular complexity index is 269. The van der Waals surface area contributed by atoms with Crippen LogP contribution in [0, 0.1) is 13.8 Å². The molecule has 0 unspecified atom stereocenters. The Morgan fingerprint density at radius 3 is 2.11 bits per heavy atom. The van der Waals surface area contributed by atoms with Crippen molar-refractivity contribution in [2.75, 3.05) is 0 Å². The quantitative estimate of drug-likeness (QED) is 0.511. The molecule has 0 saturated heterocycles. The minimum absolute atomic E-state index is 0.241. The van der Waals surface area contributed by atoms with Gasteiger partial charge in [0.05, 0.1) is 11.3 Å². The summed E-state index contributed by atoms with van der Waals surface area (Å²) in [7, 11) is 1.71. The van der Waals surface area contributed by atoms with Crippen molar-refractivity contribution in [1.82, 2.24) is 4.74 Å². The molecule has 0 aliphatic carbocycles. The molecule has 1 rings (SSSR count). The zero-order valence-corrected chi connectivity index (χ0v) is 5.76. The molecular formula is C6H9NO2. The summed E-state index contributed by atoms with van der Waals surface area (Å²) >= 11 is 0. The Balaban J connectivity index is 3.47. The van der Waals surface area contributed by atoms with Crippen LogP contribution in [0.4, 0.5) is 0 Å². The van der Waals surface area contributed by atoms with Gasteiger partial charge in [-0.3, -0.25) is 0 Å². The zero-order valence-electron chi connectivity index (χ0n) is 5.76. The van der Waals surface area contributed by atoms with Gasteiger partial charge in [-0.05, 0) is 13.8 Å². The molecule has 0 bridgehead atoms. The van der Waals surface area contributed by atoms with Gasteiger partial charge < -0.3 is 4.52 Å². The van der Waals surface area contributed by atoms with Gasteiger partial charge in [0.15, 0.2) is 0 Å². The second-order valence-electron chi connectivity index (χ2n) is 2.09. The third-order valence-corrected chi connectivity index (χ3v) is 1.54. The molecular weight excluding hydrogens is 118 g/mol. The molecule has 1 aromatic rings. The van der Waals surface area contributed by atoms with Crippen molar-refractivity contribution in [3.63, 3.8) is 0 Å². The molecule has 1 heterocycles. The second kappa shape index (κ2) is 1.76. The highest BCUT2D eigenvalue weighted by molar-refractivity contribution is 5.10. The van der Waals surface area contributed by atoms with Crippen molar-refractivity contribution in [3.8, 4) is 0 Å². The van der Waals surface area contributed by atoms with Crippen LogP contribution in [-0.4, -0.2) is 4.74 Å². The van der Waals surface area contributed by atoms with Gasteiger partial charge in [-0.1, -0.05) is 0 Å². The second-order valence-corrected chi connectivity index (χ2v) is 2.09. The molecule has 0 N–H and O–H groups in total. The number of rotatable bonds is 0. The number of aromatic nitrogens is 1. The van der Waals surface area contributed by atoms with E-state index in [9.17, 15) is 4.79 Å². The lowest BCUT2D eigenvalue weighted by molar-refractivity contribution is 0.280. The summed E-state index contributed by atoms with van der Waals surface area (Å²) in [5.74, 6) is 0. The van der Waals surface area contributed by atoms with E-state index in [0.29, 0.717) is 5.56 Å². The summed E-state index contributed by atoms with van der Waals surface area (Å²) in [6, 6.07) is 0. The Labute approximate surface area is 52.9 Å². The van der Waals surface area contributed by atoms with Crippen LogP contribution < -0.4 is 5.63 Å². The summed E-state index contributed by atoms with van der Waals surface area (Å²) in [6.45, 7) is 3.60. The number of hydrogen-bond donors (Lipinski definition) is 0. The Kier molecular flexibility index (Phi) is 1.20. The largest absolute Gasteiger partial charge is 0.360 e. The normalized spacial score (nSPS) is 10.1. The van der Waals surface area contributed by atoms with Crippen LogP contribution in [0.1, 0.15) is 11.3 Å². The van der Waals surface area contributed by atoms with Gasteiger partial charge in [0.2, 0.25) is 0 Å². The molecule has 0 amide bonds. The van der Waals surface area contributed by atoms with Crippen LogP contribution in [0.3, 0.4) is 0 Å². The van der Waals surface area contributed by atoms with Crippen molar-refractivity contribution < 1.29 is 4.52 Å². The van der Waals surface area contributed by atoms with E-state index in [-0.39, 0.29) is 5.63 Å². The smallest absolute Gasteiger partial charge is 0.336 e. The molecule has 1 aromatic heterocycles. The first kappa shape index (κ1) is 6.13. The standard InChI is InChI=1S/C6H9NO2/c1-4-5(2)7(3)9-6(4)8/h1-3H3. The van der Waals surface area contributed by atoms with Gasteiger partial charge in [0.25, 0.3) is 0 Å². The fourth-order valence-electron chi connectivity index (χ4n) is 0.645. The summed E-state index contributed by atoms with van der Waals surface area (Å²) in [5, 5.41) is 0. The first-order valence-corrected chi connectivity index (χ1v) is 2.76. The van der Waals surface area contributed by atoms with Gasteiger partial charge >= 0.3 is 5.63 Å². The lowest BCUT2D eigenvalue weighted by Crippen LogP contribution is -1.94. The van der Waals surface area contributed by atoms with E-state index in [4.69, 9.17) is 4.52 Å². The van der Waals surface area contributed by atoms with Crippen LogP contribution in [0.15, 0.2) is 9.32 Å². The Morgan fingerprint density at radius 2 is 2.00 bits per heavy atom. The molecule has 0 saturated carbocycles. The minimum atomic E-state index is -0.241. The van der Waals surface area contributed by atoms with E-state index < -0.39 is 0 Å². The highest BCUT2D eigenvalue weighted by Gasteiger charge is 2.03. The van der Waals surface area contributed by atoms with Crippen molar-refractivity contribution in [1.29, 1.82) is 0 Å². The molecule has 0 radical (unpaired) electrons. The van der Waals surface area contributed by atoms with Crippen molar-refractivity contribution >= 4 is 0 Å². The molecule has 3 heteroatoms. The number of nitrogens with zero attached hydrogens (tertiary/aromatic N) is 1. The molecule has 0 spiro atoms. The third kappa shape index (κ3) is 0.781. The lowest BCUT2D eigenvalue weighted by atomic mass is 10.3. The first-order chi connectivity index (χ1) is 4.13. The topological polar surface area (TPSA) is 35.1 Å². The van der Waals surface area contributed by atoms with E-state index in [2.05, 4.69) is 0 Å². The SMILES string of the molecule is Cc1c(C)n(C)oc1=O. The predicted molar refractivity (Wildman–Crippen MR) is 33.4 cm³/mol. The summed E-state index contributed by atoms with van der Waals surface area (Å²) in [5.41, 5.74) is 1.34. The van der Waals surface area contributed by atoms with Gasteiger partial charge in [-0.25, -0.2) is 9.53 Å². The maximum absolute atomic E-state index is 10.7. The van der Waals surface area contributed by atoms with E-state index >= 15 is 0 Å². The molecule has 0 atom stereocenters. The van der Waals surface area contributed by atoms with Crippen LogP contribution in [0.2, 0.25) is 0 Å². The van der Waals surface area contributed by atoms with Gasteiger partial charge in [-0.2, -0.15) is 0 Å². The van der Waals surface area contributed by atoms with Crippen LogP contribution in [-0.2, 0) is 7.05 Å². The molecule has 0 aliphatic rings. The average Bonchev–Trinajstić information content (AvgIpc) is 1.98. The van der Waals surface area contributed by atoms with Crippen LogP contribution >= 0.6 is 0 Å². The highest BCUT2D eigenvalue weighted by atomic mass is 16.5. The lowest BCUT2D eigenvalue weighted by Gasteiger charge is -1.88. The highest BCUT2D eigenvalue weighted by Crippen LogP contribution is 1.97. The van der Waals surface area contributed by atoms with Crippen molar-refractivity contribution in [3.05, 3.63) is 21.7 Å². The van der Waals surface area contributed by atoms with Crippen molar-refractivity contribution in [2.24, 2.45) is 7.05 Å².